The number of methoxy groups -OCH3 is 1. The molecule has 3 N–H and O–H groups in total. The number of primary amides is 1. The van der Waals surface area contributed by atoms with Crippen molar-refractivity contribution >= 4 is 5.91 Å². The number of nitrogens with one attached hydrogen (secondary N) is 1. The second-order valence-electron chi connectivity index (χ2n) is 6.01. The Kier molecular flexibility index (Phi) is 6.03. The van der Waals surface area contributed by atoms with Crippen LogP contribution >= 0.6 is 0 Å². The lowest BCUT2D eigenvalue weighted by atomic mass is 10.1. The van der Waals surface area contributed by atoms with Gasteiger partial charge in [0.2, 0.25) is 0 Å². The van der Waals surface area contributed by atoms with Crippen molar-refractivity contribution in [3.8, 4) is 11.5 Å². The quantitative estimate of drug-likeness (QED) is 0.808. The fourth-order valence-electron chi connectivity index (χ4n) is 1.79. The lowest BCUT2D eigenvalue weighted by Gasteiger charge is -2.21. The second-order valence-corrected chi connectivity index (χ2v) is 6.01. The van der Waals surface area contributed by atoms with E-state index < -0.39 is 12.0 Å². The number of carbonyl (C=O) groups excluding carboxylic acids is 1. The summed E-state index contributed by atoms with van der Waals surface area (Å²) < 4.78 is 11.0. The van der Waals surface area contributed by atoms with Crippen LogP contribution in [0.4, 0.5) is 0 Å². The van der Waals surface area contributed by atoms with E-state index >= 15 is 0 Å². The van der Waals surface area contributed by atoms with E-state index in [1.165, 1.54) is 0 Å². The zero-order chi connectivity index (χ0) is 16.0. The third-order valence-corrected chi connectivity index (χ3v) is 3.01. The Labute approximate surface area is 126 Å². The first-order valence-corrected chi connectivity index (χ1v) is 7.14. The molecule has 0 aliphatic carbocycles. The predicted molar refractivity (Wildman–Crippen MR) is 83.5 cm³/mol. The third kappa shape index (κ3) is 5.63. The monoisotopic (exact) mass is 294 g/mol. The topological polar surface area (TPSA) is 73.6 Å². The number of amides is 1. The fraction of sp³-hybridized carbons (Fsp3) is 0.562. The van der Waals surface area contributed by atoms with Crippen molar-refractivity contribution in [1.82, 2.24) is 5.32 Å². The SMILES string of the molecule is CCC(Oc1cc(CNC(C)(C)C)ccc1OC)C(N)=O. The summed E-state index contributed by atoms with van der Waals surface area (Å²) in [6.07, 6.45) is -0.132. The maximum atomic E-state index is 11.3. The molecule has 118 valence electrons. The van der Waals surface area contributed by atoms with E-state index in [0.717, 1.165) is 5.56 Å². The van der Waals surface area contributed by atoms with E-state index in [-0.39, 0.29) is 5.54 Å². The van der Waals surface area contributed by atoms with Crippen molar-refractivity contribution in [2.75, 3.05) is 7.11 Å². The third-order valence-electron chi connectivity index (χ3n) is 3.01. The van der Waals surface area contributed by atoms with E-state index in [4.69, 9.17) is 15.2 Å². The summed E-state index contributed by atoms with van der Waals surface area (Å²) in [7, 11) is 1.57. The van der Waals surface area contributed by atoms with Gasteiger partial charge in [0.25, 0.3) is 5.91 Å². The van der Waals surface area contributed by atoms with E-state index in [1.807, 2.05) is 25.1 Å². The van der Waals surface area contributed by atoms with Gasteiger partial charge in [-0.05, 0) is 44.9 Å². The molecule has 0 aliphatic heterocycles. The minimum Gasteiger partial charge on any atom is -0.493 e. The van der Waals surface area contributed by atoms with Crippen LogP contribution in [0.5, 0.6) is 11.5 Å². The van der Waals surface area contributed by atoms with Gasteiger partial charge in [-0.25, -0.2) is 0 Å². The highest BCUT2D eigenvalue weighted by atomic mass is 16.5. The van der Waals surface area contributed by atoms with Gasteiger partial charge >= 0.3 is 0 Å². The molecule has 0 aromatic heterocycles. The Bertz CT molecular complexity index is 481. The van der Waals surface area contributed by atoms with Gasteiger partial charge in [-0.1, -0.05) is 13.0 Å². The summed E-state index contributed by atoms with van der Waals surface area (Å²) in [6.45, 7) is 8.88. The first-order valence-electron chi connectivity index (χ1n) is 7.14. The molecular weight excluding hydrogens is 268 g/mol. The summed E-state index contributed by atoms with van der Waals surface area (Å²) in [5.74, 6) is 0.656. The summed E-state index contributed by atoms with van der Waals surface area (Å²) in [4.78, 5) is 11.3. The van der Waals surface area contributed by atoms with Crippen LogP contribution in [-0.4, -0.2) is 24.7 Å². The van der Waals surface area contributed by atoms with Crippen LogP contribution in [-0.2, 0) is 11.3 Å². The molecule has 1 rings (SSSR count). The number of rotatable bonds is 7. The van der Waals surface area contributed by atoms with Crippen LogP contribution in [0.15, 0.2) is 18.2 Å². The molecule has 0 radical (unpaired) electrons. The smallest absolute Gasteiger partial charge is 0.258 e. The molecule has 0 heterocycles. The van der Waals surface area contributed by atoms with Gasteiger partial charge < -0.3 is 20.5 Å². The molecule has 1 atom stereocenters. The van der Waals surface area contributed by atoms with Gasteiger partial charge in [-0.3, -0.25) is 4.79 Å². The van der Waals surface area contributed by atoms with Gasteiger partial charge in [0.05, 0.1) is 7.11 Å². The lowest BCUT2D eigenvalue weighted by Crippen LogP contribution is -2.35. The molecule has 1 unspecified atom stereocenters. The second kappa shape index (κ2) is 7.31. The molecule has 5 nitrogen and oxygen atoms in total. The minimum atomic E-state index is -0.648. The van der Waals surface area contributed by atoms with Crippen molar-refractivity contribution < 1.29 is 14.3 Å². The highest BCUT2D eigenvalue weighted by molar-refractivity contribution is 5.79. The Balaban J connectivity index is 2.92. The molecule has 1 aromatic carbocycles. The van der Waals surface area contributed by atoms with Crippen molar-refractivity contribution in [3.05, 3.63) is 23.8 Å². The highest BCUT2D eigenvalue weighted by Gasteiger charge is 2.18. The van der Waals surface area contributed by atoms with Crippen LogP contribution in [0.1, 0.15) is 39.7 Å². The van der Waals surface area contributed by atoms with Gasteiger partial charge in [0.15, 0.2) is 17.6 Å². The molecule has 0 saturated heterocycles. The number of hydrogen-bond donors (Lipinski definition) is 2. The average molecular weight is 294 g/mol. The summed E-state index contributed by atoms with van der Waals surface area (Å²) >= 11 is 0. The van der Waals surface area contributed by atoms with Gasteiger partial charge in [0.1, 0.15) is 0 Å². The van der Waals surface area contributed by atoms with Crippen molar-refractivity contribution in [2.24, 2.45) is 5.73 Å². The molecule has 5 heteroatoms. The fourth-order valence-corrected chi connectivity index (χ4v) is 1.79. The number of nitrogens with two attached hydrogens (primary N) is 1. The number of carbonyl (C=O) groups is 1. The van der Waals surface area contributed by atoms with Gasteiger partial charge in [-0.2, -0.15) is 0 Å². The molecule has 1 aromatic rings. The molecular formula is C16H26N2O3. The molecule has 0 bridgehead atoms. The summed E-state index contributed by atoms with van der Waals surface area (Å²) in [6, 6.07) is 5.68. The summed E-state index contributed by atoms with van der Waals surface area (Å²) in [5.41, 5.74) is 6.41. The van der Waals surface area contributed by atoms with E-state index in [0.29, 0.717) is 24.5 Å². The zero-order valence-corrected chi connectivity index (χ0v) is 13.5. The number of hydrogen-bond acceptors (Lipinski definition) is 4. The lowest BCUT2D eigenvalue weighted by molar-refractivity contribution is -0.124. The Hall–Kier alpha value is -1.75. The Morgan fingerprint density at radius 3 is 2.48 bits per heavy atom. The molecule has 1 amide bonds. The van der Waals surface area contributed by atoms with Gasteiger partial charge in [0, 0.05) is 12.1 Å². The maximum Gasteiger partial charge on any atom is 0.258 e. The number of ether oxygens (including phenoxy) is 2. The van der Waals surface area contributed by atoms with E-state index in [9.17, 15) is 4.79 Å². The molecule has 21 heavy (non-hydrogen) atoms. The van der Waals surface area contributed by atoms with Crippen LogP contribution in [0, 0.1) is 0 Å². The molecule has 0 aliphatic rings. The van der Waals surface area contributed by atoms with Crippen LogP contribution in [0.25, 0.3) is 0 Å². The van der Waals surface area contributed by atoms with Crippen molar-refractivity contribution in [3.63, 3.8) is 0 Å². The van der Waals surface area contributed by atoms with Gasteiger partial charge in [-0.15, -0.1) is 0 Å². The van der Waals surface area contributed by atoms with Crippen molar-refractivity contribution in [2.45, 2.75) is 52.3 Å². The predicted octanol–water partition coefficient (Wildman–Crippen LogP) is 2.23. The standard InChI is InChI=1S/C16H26N2O3/c1-6-12(15(17)19)21-14-9-11(7-8-13(14)20-5)10-18-16(2,3)4/h7-9,12,18H,6,10H2,1-5H3,(H2,17,19). The van der Waals surface area contributed by atoms with Crippen LogP contribution < -0.4 is 20.5 Å². The normalized spacial score (nSPS) is 12.8. The Morgan fingerprint density at radius 2 is 2.00 bits per heavy atom. The van der Waals surface area contributed by atoms with Crippen LogP contribution in [0.2, 0.25) is 0 Å². The first-order chi connectivity index (χ1) is 9.76. The minimum absolute atomic E-state index is 0.0279. The van der Waals surface area contributed by atoms with Crippen LogP contribution in [0.3, 0.4) is 0 Å². The largest absolute Gasteiger partial charge is 0.493 e. The molecule has 0 saturated carbocycles. The van der Waals surface area contributed by atoms with E-state index in [1.54, 1.807) is 7.11 Å². The number of benzene rings is 1. The first kappa shape index (κ1) is 17.3. The average Bonchev–Trinajstić information content (AvgIpc) is 2.41. The highest BCUT2D eigenvalue weighted by Crippen LogP contribution is 2.29. The molecule has 0 spiro atoms. The zero-order valence-electron chi connectivity index (χ0n) is 13.5. The maximum absolute atomic E-state index is 11.3. The Morgan fingerprint density at radius 1 is 1.33 bits per heavy atom. The summed E-state index contributed by atoms with van der Waals surface area (Å²) in [5, 5.41) is 3.40. The van der Waals surface area contributed by atoms with E-state index in [2.05, 4.69) is 26.1 Å². The van der Waals surface area contributed by atoms with Crippen molar-refractivity contribution in [1.29, 1.82) is 0 Å². The molecule has 0 fully saturated rings.